The summed E-state index contributed by atoms with van der Waals surface area (Å²) < 4.78 is 13.0. The number of benzene rings is 1. The summed E-state index contributed by atoms with van der Waals surface area (Å²) in [5, 5.41) is 7.27. The van der Waals surface area contributed by atoms with Gasteiger partial charge >= 0.3 is 0 Å². The number of hydrogen-bond donors (Lipinski definition) is 2. The highest BCUT2D eigenvalue weighted by Gasteiger charge is 2.36. The number of likely N-dealkylation sites (tertiary alicyclic amines) is 1. The molecule has 27 heavy (non-hydrogen) atoms. The number of aliphatic imine (C=N–C) groups is 1. The highest BCUT2D eigenvalue weighted by molar-refractivity contribution is 14.0. The van der Waals surface area contributed by atoms with Crippen molar-refractivity contribution in [3.05, 3.63) is 35.6 Å². The molecule has 0 aromatic heterocycles. The monoisotopic (exact) mass is 488 g/mol. The van der Waals surface area contributed by atoms with Gasteiger partial charge in [-0.2, -0.15) is 0 Å². The van der Waals surface area contributed by atoms with Crippen molar-refractivity contribution in [1.29, 1.82) is 0 Å². The van der Waals surface area contributed by atoms with Crippen LogP contribution >= 0.6 is 24.0 Å². The Morgan fingerprint density at radius 3 is 2.48 bits per heavy atom. The van der Waals surface area contributed by atoms with E-state index in [1.807, 2.05) is 12.1 Å². The van der Waals surface area contributed by atoms with Crippen LogP contribution in [0.15, 0.2) is 29.3 Å². The number of guanidine groups is 1. The fraction of sp³-hybridized carbons (Fsp3) is 0.667. The van der Waals surface area contributed by atoms with Crippen LogP contribution in [0.3, 0.4) is 0 Å². The minimum absolute atomic E-state index is 0. The van der Waals surface area contributed by atoms with Gasteiger partial charge in [0.1, 0.15) is 5.82 Å². The summed E-state index contributed by atoms with van der Waals surface area (Å²) in [6.45, 7) is 8.19. The molecule has 2 unspecified atom stereocenters. The van der Waals surface area contributed by atoms with Crippen LogP contribution in [0.2, 0.25) is 0 Å². The highest BCUT2D eigenvalue weighted by atomic mass is 127. The first kappa shape index (κ1) is 22.4. The molecule has 2 atom stereocenters. The minimum atomic E-state index is -0.163. The van der Waals surface area contributed by atoms with Crippen molar-refractivity contribution in [2.24, 2.45) is 10.9 Å². The SMILES string of the molecule is CCCC1CC1NC(=NCC)NC1CCN(Cc2ccc(F)cc2)CC1.I. The van der Waals surface area contributed by atoms with E-state index in [1.54, 1.807) is 12.1 Å². The maximum Gasteiger partial charge on any atom is 0.191 e. The van der Waals surface area contributed by atoms with Crippen molar-refractivity contribution < 1.29 is 4.39 Å². The molecule has 0 amide bonds. The van der Waals surface area contributed by atoms with Crippen LogP contribution in [-0.4, -0.2) is 42.6 Å². The predicted octanol–water partition coefficient (Wildman–Crippen LogP) is 4.15. The van der Waals surface area contributed by atoms with Crippen molar-refractivity contribution in [3.63, 3.8) is 0 Å². The lowest BCUT2D eigenvalue weighted by Crippen LogP contribution is -2.49. The third-order valence-corrected chi connectivity index (χ3v) is 5.47. The van der Waals surface area contributed by atoms with Gasteiger partial charge < -0.3 is 10.6 Å². The van der Waals surface area contributed by atoms with Gasteiger partial charge in [0.05, 0.1) is 0 Å². The summed E-state index contributed by atoms with van der Waals surface area (Å²) in [7, 11) is 0. The molecule has 1 aliphatic heterocycles. The quantitative estimate of drug-likeness (QED) is 0.344. The van der Waals surface area contributed by atoms with Gasteiger partial charge in [-0.1, -0.05) is 25.5 Å². The Morgan fingerprint density at radius 2 is 1.85 bits per heavy atom. The average Bonchev–Trinajstić information content (AvgIpc) is 3.36. The summed E-state index contributed by atoms with van der Waals surface area (Å²) in [5.74, 6) is 1.67. The fourth-order valence-electron chi connectivity index (χ4n) is 3.86. The molecule has 2 fully saturated rings. The number of nitrogens with one attached hydrogen (secondary N) is 2. The lowest BCUT2D eigenvalue weighted by molar-refractivity contribution is 0.198. The number of hydrogen-bond acceptors (Lipinski definition) is 2. The van der Waals surface area contributed by atoms with Crippen LogP contribution in [0.5, 0.6) is 0 Å². The molecule has 4 nitrogen and oxygen atoms in total. The fourth-order valence-corrected chi connectivity index (χ4v) is 3.86. The first-order valence-corrected chi connectivity index (χ1v) is 10.2. The van der Waals surface area contributed by atoms with E-state index in [4.69, 9.17) is 0 Å². The number of nitrogens with zero attached hydrogens (tertiary/aromatic N) is 2. The van der Waals surface area contributed by atoms with Crippen LogP contribution in [0.1, 0.15) is 51.5 Å². The van der Waals surface area contributed by atoms with Gasteiger partial charge in [0.15, 0.2) is 5.96 Å². The first-order chi connectivity index (χ1) is 12.7. The normalized spacial score (nSPS) is 23.6. The Bertz CT molecular complexity index is 584. The molecular weight excluding hydrogens is 454 g/mol. The lowest BCUT2D eigenvalue weighted by atomic mass is 10.0. The number of rotatable bonds is 7. The van der Waals surface area contributed by atoms with E-state index < -0.39 is 0 Å². The zero-order valence-electron chi connectivity index (χ0n) is 16.6. The largest absolute Gasteiger partial charge is 0.354 e. The Morgan fingerprint density at radius 1 is 1.15 bits per heavy atom. The van der Waals surface area contributed by atoms with Crippen LogP contribution in [-0.2, 0) is 6.54 Å². The van der Waals surface area contributed by atoms with Gasteiger partial charge in [-0.3, -0.25) is 9.89 Å². The Kier molecular flexibility index (Phi) is 9.29. The summed E-state index contributed by atoms with van der Waals surface area (Å²) in [6.07, 6.45) is 6.11. The third-order valence-electron chi connectivity index (χ3n) is 5.47. The molecule has 0 bridgehead atoms. The summed E-state index contributed by atoms with van der Waals surface area (Å²) in [5.41, 5.74) is 1.18. The molecule has 152 valence electrons. The molecule has 0 radical (unpaired) electrons. The molecule has 2 N–H and O–H groups in total. The first-order valence-electron chi connectivity index (χ1n) is 10.2. The van der Waals surface area contributed by atoms with Crippen LogP contribution < -0.4 is 10.6 Å². The molecule has 1 heterocycles. The van der Waals surface area contributed by atoms with Gasteiger partial charge in [-0.05, 0) is 56.2 Å². The lowest BCUT2D eigenvalue weighted by Gasteiger charge is -2.33. The second kappa shape index (κ2) is 11.2. The molecule has 1 saturated carbocycles. The molecule has 3 rings (SSSR count). The van der Waals surface area contributed by atoms with E-state index in [1.165, 1.54) is 24.8 Å². The Balaban J connectivity index is 0.00000261. The van der Waals surface area contributed by atoms with Crippen molar-refractivity contribution >= 4 is 29.9 Å². The van der Waals surface area contributed by atoms with Crippen LogP contribution in [0, 0.1) is 11.7 Å². The third kappa shape index (κ3) is 7.22. The summed E-state index contributed by atoms with van der Waals surface area (Å²) >= 11 is 0. The highest BCUT2D eigenvalue weighted by Crippen LogP contribution is 2.34. The van der Waals surface area contributed by atoms with Gasteiger partial charge in [-0.25, -0.2) is 4.39 Å². The molecule has 2 aliphatic rings. The zero-order valence-corrected chi connectivity index (χ0v) is 18.9. The van der Waals surface area contributed by atoms with Crippen LogP contribution in [0.4, 0.5) is 4.39 Å². The maximum atomic E-state index is 13.0. The van der Waals surface area contributed by atoms with Crippen molar-refractivity contribution in [1.82, 2.24) is 15.5 Å². The molecule has 6 heteroatoms. The van der Waals surface area contributed by atoms with Crippen molar-refractivity contribution in [2.45, 2.75) is 64.6 Å². The Labute approximate surface area is 180 Å². The molecule has 0 spiro atoms. The van der Waals surface area contributed by atoms with E-state index in [-0.39, 0.29) is 29.8 Å². The standard InChI is InChI=1S/C21H33FN4.HI/c1-3-5-17-14-20(17)25-21(23-4-2)24-19-10-12-26(13-11-19)15-16-6-8-18(22)9-7-16;/h6-9,17,19-20H,3-5,10-15H2,1-2H3,(H2,23,24,25);1H. The van der Waals surface area contributed by atoms with E-state index in [9.17, 15) is 4.39 Å². The summed E-state index contributed by atoms with van der Waals surface area (Å²) in [4.78, 5) is 7.09. The van der Waals surface area contributed by atoms with Gasteiger partial charge in [0.25, 0.3) is 0 Å². The van der Waals surface area contributed by atoms with Crippen LogP contribution in [0.25, 0.3) is 0 Å². The molecule has 1 aliphatic carbocycles. The molecule has 1 saturated heterocycles. The van der Waals surface area contributed by atoms with E-state index in [0.717, 1.165) is 50.9 Å². The smallest absolute Gasteiger partial charge is 0.191 e. The van der Waals surface area contributed by atoms with Gasteiger partial charge in [0, 0.05) is 38.3 Å². The topological polar surface area (TPSA) is 39.7 Å². The maximum absolute atomic E-state index is 13.0. The number of piperidine rings is 1. The second-order valence-corrected chi connectivity index (χ2v) is 7.68. The molecule has 1 aromatic carbocycles. The zero-order chi connectivity index (χ0) is 18.4. The van der Waals surface area contributed by atoms with Gasteiger partial charge in [0.2, 0.25) is 0 Å². The second-order valence-electron chi connectivity index (χ2n) is 7.68. The summed E-state index contributed by atoms with van der Waals surface area (Å²) in [6, 6.07) is 7.97. The number of halogens is 2. The van der Waals surface area contributed by atoms with E-state index in [0.29, 0.717) is 12.1 Å². The van der Waals surface area contributed by atoms with Crippen molar-refractivity contribution in [2.75, 3.05) is 19.6 Å². The molecular formula is C21H34FIN4. The Hall–Kier alpha value is -0.890. The van der Waals surface area contributed by atoms with E-state index in [2.05, 4.69) is 34.4 Å². The van der Waals surface area contributed by atoms with Gasteiger partial charge in [-0.15, -0.1) is 24.0 Å². The average molecular weight is 488 g/mol. The minimum Gasteiger partial charge on any atom is -0.354 e. The predicted molar refractivity (Wildman–Crippen MR) is 121 cm³/mol. The molecule has 1 aromatic rings. The van der Waals surface area contributed by atoms with E-state index >= 15 is 0 Å². The van der Waals surface area contributed by atoms with Crippen molar-refractivity contribution in [3.8, 4) is 0 Å².